The van der Waals surface area contributed by atoms with Crippen LogP contribution in [0.1, 0.15) is 46.3 Å². The van der Waals surface area contributed by atoms with Crippen LogP contribution in [0.15, 0.2) is 82.3 Å². The maximum absolute atomic E-state index is 2.52. The molecule has 4 aromatic rings. The van der Waals surface area contributed by atoms with Crippen LogP contribution in [0.5, 0.6) is 0 Å². The smallest absolute Gasteiger partial charge is 0.190 e. The first-order valence-electron chi connectivity index (χ1n) is 9.04. The van der Waals surface area contributed by atoms with Crippen LogP contribution in [0, 0.1) is 0 Å². The Hall–Kier alpha value is -2.23. The van der Waals surface area contributed by atoms with Gasteiger partial charge in [-0.05, 0) is 50.3 Å². The standard InChI is InChI=1S/C23H18NS2/c1-2-6-19-18(5-1)21-13-23(16-8-11-25-14-16,17-9-12-26-15-17)22(19)20-7-3-4-10-24(20)21/h1-12,14-15,21-22H,13H2/q+1/t21-,22+/m1/s1. The molecule has 3 aliphatic rings. The molecule has 5 heterocycles. The van der Waals surface area contributed by atoms with Crippen molar-refractivity contribution in [3.05, 3.63) is 110 Å². The van der Waals surface area contributed by atoms with Crippen LogP contribution in [0.3, 0.4) is 0 Å². The number of hydrogen-bond acceptors (Lipinski definition) is 2. The maximum Gasteiger partial charge on any atom is 0.190 e. The van der Waals surface area contributed by atoms with Crippen LogP contribution in [0.25, 0.3) is 0 Å². The van der Waals surface area contributed by atoms with Crippen molar-refractivity contribution in [1.29, 1.82) is 0 Å². The predicted octanol–water partition coefficient (Wildman–Crippen LogP) is 5.52. The Morgan fingerprint density at radius 3 is 2.19 bits per heavy atom. The summed E-state index contributed by atoms with van der Waals surface area (Å²) < 4.78 is 2.52. The van der Waals surface area contributed by atoms with Gasteiger partial charge in [-0.25, -0.2) is 0 Å². The number of thiophene rings is 2. The molecule has 0 saturated carbocycles. The summed E-state index contributed by atoms with van der Waals surface area (Å²) in [4.78, 5) is 0. The number of rotatable bonds is 2. The summed E-state index contributed by atoms with van der Waals surface area (Å²) >= 11 is 3.63. The molecule has 0 fully saturated rings. The lowest BCUT2D eigenvalue weighted by atomic mass is 9.54. The van der Waals surface area contributed by atoms with Gasteiger partial charge in [0.2, 0.25) is 0 Å². The van der Waals surface area contributed by atoms with E-state index >= 15 is 0 Å². The van der Waals surface area contributed by atoms with Gasteiger partial charge in [0.25, 0.3) is 0 Å². The molecule has 2 bridgehead atoms. The Bertz CT molecular complexity index is 997. The van der Waals surface area contributed by atoms with Crippen LogP contribution in [0.2, 0.25) is 0 Å². The molecule has 0 radical (unpaired) electrons. The SMILES string of the molecule is c1ccc2c(c1)[C@H]1c3cccc[n+]3[C@@H]2CC1(c1ccsc1)c1ccsc1. The highest BCUT2D eigenvalue weighted by molar-refractivity contribution is 7.08. The summed E-state index contributed by atoms with van der Waals surface area (Å²) in [5, 5.41) is 9.20. The first kappa shape index (κ1) is 14.9. The van der Waals surface area contributed by atoms with Crippen LogP contribution in [0.4, 0.5) is 0 Å². The molecule has 126 valence electrons. The Balaban J connectivity index is 1.73. The monoisotopic (exact) mass is 372 g/mol. The molecule has 2 atom stereocenters. The highest BCUT2D eigenvalue weighted by Gasteiger charge is 2.59. The van der Waals surface area contributed by atoms with E-state index in [2.05, 4.69) is 86.9 Å². The average Bonchev–Trinajstić information content (AvgIpc) is 3.42. The van der Waals surface area contributed by atoms with E-state index in [4.69, 9.17) is 0 Å². The number of fused-ring (bicyclic) bond motifs is 1. The molecule has 0 amide bonds. The lowest BCUT2D eigenvalue weighted by molar-refractivity contribution is -0.732. The second kappa shape index (κ2) is 5.38. The van der Waals surface area contributed by atoms with Crippen molar-refractivity contribution in [2.45, 2.75) is 23.8 Å². The van der Waals surface area contributed by atoms with Gasteiger partial charge >= 0.3 is 0 Å². The van der Waals surface area contributed by atoms with Gasteiger partial charge < -0.3 is 0 Å². The molecule has 26 heavy (non-hydrogen) atoms. The third-order valence-electron chi connectivity index (χ3n) is 6.30. The van der Waals surface area contributed by atoms with E-state index < -0.39 is 0 Å². The fraction of sp³-hybridized carbons (Fsp3) is 0.174. The van der Waals surface area contributed by atoms with Crippen LogP contribution >= 0.6 is 22.7 Å². The van der Waals surface area contributed by atoms with E-state index in [1.165, 1.54) is 27.9 Å². The highest BCUT2D eigenvalue weighted by atomic mass is 32.1. The quantitative estimate of drug-likeness (QED) is 0.408. The van der Waals surface area contributed by atoms with Gasteiger partial charge in [0.1, 0.15) is 0 Å². The molecule has 0 saturated heterocycles. The van der Waals surface area contributed by atoms with Crippen LogP contribution < -0.4 is 4.57 Å². The molecule has 0 unspecified atom stereocenters. The maximum atomic E-state index is 2.52. The first-order valence-corrected chi connectivity index (χ1v) is 10.9. The second-order valence-electron chi connectivity index (χ2n) is 7.31. The van der Waals surface area contributed by atoms with Crippen LogP contribution in [-0.2, 0) is 5.41 Å². The van der Waals surface area contributed by atoms with Gasteiger partial charge in [-0.15, -0.1) is 0 Å². The zero-order chi connectivity index (χ0) is 17.1. The third kappa shape index (κ3) is 1.77. The molecule has 1 nitrogen and oxygen atoms in total. The van der Waals surface area contributed by atoms with Gasteiger partial charge in [0.15, 0.2) is 17.9 Å². The molecule has 1 aromatic carbocycles. The minimum Gasteiger partial charge on any atom is -0.195 e. The number of nitrogens with zero attached hydrogens (tertiary/aromatic N) is 1. The van der Waals surface area contributed by atoms with Crippen molar-refractivity contribution in [2.24, 2.45) is 0 Å². The van der Waals surface area contributed by atoms with E-state index in [1.54, 1.807) is 0 Å². The van der Waals surface area contributed by atoms with E-state index in [0.29, 0.717) is 12.0 Å². The van der Waals surface area contributed by atoms with Crippen LogP contribution in [-0.4, -0.2) is 0 Å². The number of aromatic nitrogens is 1. The van der Waals surface area contributed by atoms with E-state index in [9.17, 15) is 0 Å². The lowest BCUT2D eigenvalue weighted by Gasteiger charge is -2.49. The fourth-order valence-electron chi connectivity index (χ4n) is 5.31. The van der Waals surface area contributed by atoms with Gasteiger partial charge in [-0.1, -0.05) is 30.3 Å². The summed E-state index contributed by atoms with van der Waals surface area (Å²) in [7, 11) is 0. The molecular formula is C23H18NS2+. The number of hydrogen-bond donors (Lipinski definition) is 0. The van der Waals surface area contributed by atoms with Crippen molar-refractivity contribution in [1.82, 2.24) is 0 Å². The summed E-state index contributed by atoms with van der Waals surface area (Å²) in [6, 6.07) is 20.9. The van der Waals surface area contributed by atoms with Gasteiger partial charge in [0, 0.05) is 29.5 Å². The van der Waals surface area contributed by atoms with Gasteiger partial charge in [-0.3, -0.25) is 0 Å². The second-order valence-corrected chi connectivity index (χ2v) is 8.87. The molecule has 3 heteroatoms. The summed E-state index contributed by atoms with van der Waals surface area (Å²) in [6.45, 7) is 0. The minimum atomic E-state index is 0.0281. The predicted molar refractivity (Wildman–Crippen MR) is 107 cm³/mol. The minimum absolute atomic E-state index is 0.0281. The lowest BCUT2D eigenvalue weighted by Crippen LogP contribution is -2.59. The first-order chi connectivity index (χ1) is 12.9. The van der Waals surface area contributed by atoms with Crippen molar-refractivity contribution in [3.63, 3.8) is 0 Å². The van der Waals surface area contributed by atoms with E-state index in [1.807, 2.05) is 22.7 Å². The Kier molecular flexibility index (Phi) is 3.08. The molecule has 0 N–H and O–H groups in total. The van der Waals surface area contributed by atoms with Gasteiger partial charge in [-0.2, -0.15) is 27.2 Å². The number of benzene rings is 1. The van der Waals surface area contributed by atoms with E-state index in [0.717, 1.165) is 6.42 Å². The zero-order valence-electron chi connectivity index (χ0n) is 14.2. The largest absolute Gasteiger partial charge is 0.195 e. The van der Waals surface area contributed by atoms with Crippen molar-refractivity contribution >= 4 is 22.7 Å². The average molecular weight is 373 g/mol. The van der Waals surface area contributed by atoms with Crippen molar-refractivity contribution in [2.75, 3.05) is 0 Å². The zero-order valence-corrected chi connectivity index (χ0v) is 15.8. The molecule has 0 spiro atoms. The normalized spacial score (nSPS) is 22.0. The van der Waals surface area contributed by atoms with Crippen molar-refractivity contribution < 1.29 is 4.57 Å². The van der Waals surface area contributed by atoms with Crippen molar-refractivity contribution in [3.8, 4) is 0 Å². The molecule has 3 aromatic heterocycles. The topological polar surface area (TPSA) is 3.88 Å². The number of pyridine rings is 1. The fourth-order valence-corrected chi connectivity index (χ4v) is 6.78. The summed E-state index contributed by atoms with van der Waals surface area (Å²) in [5.41, 5.74) is 7.43. The highest BCUT2D eigenvalue weighted by Crippen LogP contribution is 2.59. The molecular weight excluding hydrogens is 354 g/mol. The molecule has 1 aliphatic carbocycles. The Morgan fingerprint density at radius 1 is 0.808 bits per heavy atom. The third-order valence-corrected chi connectivity index (χ3v) is 7.67. The van der Waals surface area contributed by atoms with Gasteiger partial charge in [0.05, 0.1) is 5.92 Å². The van der Waals surface area contributed by atoms with E-state index in [-0.39, 0.29) is 5.41 Å². The molecule has 7 rings (SSSR count). The Labute approximate surface area is 161 Å². The summed E-state index contributed by atoms with van der Waals surface area (Å²) in [6.07, 6.45) is 3.40. The summed E-state index contributed by atoms with van der Waals surface area (Å²) in [5.74, 6) is 0.356. The Morgan fingerprint density at radius 2 is 1.50 bits per heavy atom. The molecule has 2 aliphatic heterocycles.